The third-order valence-electron chi connectivity index (χ3n) is 6.37. The molecule has 0 radical (unpaired) electrons. The zero-order chi connectivity index (χ0) is 23.9. The Kier molecular flexibility index (Phi) is 5.74. The number of methoxy groups -OCH3 is 2. The van der Waals surface area contributed by atoms with Crippen molar-refractivity contribution in [2.75, 3.05) is 19.1 Å². The van der Waals surface area contributed by atoms with Crippen molar-refractivity contribution in [3.05, 3.63) is 64.9 Å². The molecular weight excluding hydrogens is 420 g/mol. The SMILES string of the molecule is COc1ccc(OC)c(C2CC(=O)N(c3ccc(C(N)=O)cc3)C3=C2C(=O)CC(C)(C)C3)c1. The Morgan fingerprint density at radius 1 is 1.03 bits per heavy atom. The van der Waals surface area contributed by atoms with Gasteiger partial charge in [0.15, 0.2) is 5.78 Å². The third kappa shape index (κ3) is 4.11. The van der Waals surface area contributed by atoms with Gasteiger partial charge in [-0.2, -0.15) is 0 Å². The molecule has 4 rings (SSSR count). The largest absolute Gasteiger partial charge is 0.497 e. The van der Waals surface area contributed by atoms with Gasteiger partial charge in [-0.1, -0.05) is 13.8 Å². The van der Waals surface area contributed by atoms with E-state index in [4.69, 9.17) is 15.2 Å². The van der Waals surface area contributed by atoms with Crippen LogP contribution in [0, 0.1) is 5.41 Å². The molecule has 0 bridgehead atoms. The summed E-state index contributed by atoms with van der Waals surface area (Å²) in [5, 5.41) is 0. The van der Waals surface area contributed by atoms with Crippen molar-refractivity contribution in [3.8, 4) is 11.5 Å². The van der Waals surface area contributed by atoms with E-state index in [1.165, 1.54) is 0 Å². The Balaban J connectivity index is 1.90. The third-order valence-corrected chi connectivity index (χ3v) is 6.37. The Labute approximate surface area is 193 Å². The monoisotopic (exact) mass is 448 g/mol. The van der Waals surface area contributed by atoms with Crippen LogP contribution in [0.1, 0.15) is 54.9 Å². The first-order valence-corrected chi connectivity index (χ1v) is 10.9. The highest BCUT2D eigenvalue weighted by Gasteiger charge is 2.45. The van der Waals surface area contributed by atoms with E-state index in [-0.39, 0.29) is 23.5 Å². The summed E-state index contributed by atoms with van der Waals surface area (Å²) in [5.41, 5.74) is 8.15. The number of hydrogen-bond acceptors (Lipinski definition) is 5. The van der Waals surface area contributed by atoms with Crippen LogP contribution in [-0.4, -0.2) is 31.8 Å². The van der Waals surface area contributed by atoms with Crippen molar-refractivity contribution in [3.63, 3.8) is 0 Å². The van der Waals surface area contributed by atoms with E-state index >= 15 is 0 Å². The molecule has 0 spiro atoms. The minimum absolute atomic E-state index is 0.0300. The molecule has 2 aliphatic rings. The molecule has 2 amide bonds. The molecule has 1 aliphatic heterocycles. The molecule has 1 unspecified atom stereocenters. The standard InChI is InChI=1S/C26H28N2O5/c1-26(2)13-20-24(21(29)14-26)19(18-11-17(32-3)9-10-22(18)33-4)12-23(30)28(20)16-7-5-15(6-8-16)25(27)31/h5-11,19H,12-14H2,1-4H3,(H2,27,31). The highest BCUT2D eigenvalue weighted by Crippen LogP contribution is 2.49. The first-order valence-electron chi connectivity index (χ1n) is 10.9. The van der Waals surface area contributed by atoms with Crippen LogP contribution in [-0.2, 0) is 9.59 Å². The molecule has 33 heavy (non-hydrogen) atoms. The Morgan fingerprint density at radius 2 is 1.73 bits per heavy atom. The summed E-state index contributed by atoms with van der Waals surface area (Å²) in [6.07, 6.45) is 1.09. The van der Waals surface area contributed by atoms with E-state index in [9.17, 15) is 14.4 Å². The number of nitrogens with two attached hydrogens (primary N) is 1. The van der Waals surface area contributed by atoms with Crippen LogP contribution in [0.2, 0.25) is 0 Å². The second-order valence-electron chi connectivity index (χ2n) is 9.31. The number of primary amides is 1. The van der Waals surface area contributed by atoms with E-state index in [0.717, 1.165) is 5.56 Å². The quantitative estimate of drug-likeness (QED) is 0.746. The number of anilines is 1. The van der Waals surface area contributed by atoms with Crippen LogP contribution < -0.4 is 20.1 Å². The number of benzene rings is 2. The van der Waals surface area contributed by atoms with Gasteiger partial charge in [0.05, 0.1) is 14.2 Å². The van der Waals surface area contributed by atoms with E-state index in [1.807, 2.05) is 19.9 Å². The van der Waals surface area contributed by atoms with Crippen molar-refractivity contribution in [1.82, 2.24) is 0 Å². The number of Topliss-reactive ketones (excluding diaryl/α,β-unsaturated/α-hetero) is 1. The number of amides is 2. The van der Waals surface area contributed by atoms with Crippen molar-refractivity contribution in [1.29, 1.82) is 0 Å². The van der Waals surface area contributed by atoms with E-state index in [0.29, 0.717) is 46.9 Å². The Hall–Kier alpha value is -3.61. The smallest absolute Gasteiger partial charge is 0.248 e. The van der Waals surface area contributed by atoms with E-state index < -0.39 is 11.8 Å². The average Bonchev–Trinajstić information content (AvgIpc) is 2.77. The fourth-order valence-electron chi connectivity index (χ4n) is 4.87. The number of allylic oxidation sites excluding steroid dienone is 2. The molecule has 0 saturated heterocycles. The Bertz CT molecular complexity index is 1160. The van der Waals surface area contributed by atoms with Gasteiger partial charge in [-0.05, 0) is 54.3 Å². The molecule has 2 N–H and O–H groups in total. The zero-order valence-corrected chi connectivity index (χ0v) is 19.3. The molecule has 2 aromatic rings. The van der Waals surface area contributed by atoms with E-state index in [2.05, 4.69) is 0 Å². The lowest BCUT2D eigenvalue weighted by Gasteiger charge is -2.43. The molecule has 7 heteroatoms. The highest BCUT2D eigenvalue weighted by atomic mass is 16.5. The first kappa shape index (κ1) is 22.6. The van der Waals surface area contributed by atoms with Crippen LogP contribution in [0.25, 0.3) is 0 Å². The lowest BCUT2D eigenvalue weighted by atomic mass is 9.69. The zero-order valence-electron chi connectivity index (χ0n) is 19.3. The number of nitrogens with zero attached hydrogens (tertiary/aromatic N) is 1. The summed E-state index contributed by atoms with van der Waals surface area (Å²) in [4.78, 5) is 40.1. The molecule has 0 aromatic heterocycles. The summed E-state index contributed by atoms with van der Waals surface area (Å²) in [7, 11) is 3.15. The van der Waals surface area contributed by atoms with Crippen LogP contribution >= 0.6 is 0 Å². The molecule has 2 aromatic carbocycles. The van der Waals surface area contributed by atoms with Crippen LogP contribution in [0.3, 0.4) is 0 Å². The van der Waals surface area contributed by atoms with Crippen molar-refractivity contribution in [2.24, 2.45) is 11.1 Å². The molecule has 7 nitrogen and oxygen atoms in total. The van der Waals surface area contributed by atoms with Crippen LogP contribution in [0.4, 0.5) is 5.69 Å². The summed E-state index contributed by atoms with van der Waals surface area (Å²) in [5.74, 6) is 0.182. The van der Waals surface area contributed by atoms with Gasteiger partial charge in [0.25, 0.3) is 0 Å². The predicted molar refractivity (Wildman–Crippen MR) is 124 cm³/mol. The average molecular weight is 449 g/mol. The van der Waals surface area contributed by atoms with Crippen LogP contribution in [0.15, 0.2) is 53.7 Å². The first-order chi connectivity index (χ1) is 15.6. The van der Waals surface area contributed by atoms with Gasteiger partial charge in [-0.3, -0.25) is 19.3 Å². The summed E-state index contributed by atoms with van der Waals surface area (Å²) in [6, 6.07) is 12.0. The van der Waals surface area contributed by atoms with Crippen molar-refractivity contribution >= 4 is 23.3 Å². The number of carbonyl (C=O) groups is 3. The van der Waals surface area contributed by atoms with Gasteiger partial charge in [0, 0.05) is 46.8 Å². The van der Waals surface area contributed by atoms with Crippen molar-refractivity contribution in [2.45, 2.75) is 39.0 Å². The Morgan fingerprint density at radius 3 is 2.33 bits per heavy atom. The van der Waals surface area contributed by atoms with Gasteiger partial charge < -0.3 is 15.2 Å². The lowest BCUT2D eigenvalue weighted by molar-refractivity contribution is -0.121. The maximum atomic E-state index is 13.5. The molecule has 0 saturated carbocycles. The molecule has 1 aliphatic carbocycles. The minimum Gasteiger partial charge on any atom is -0.497 e. The summed E-state index contributed by atoms with van der Waals surface area (Å²) >= 11 is 0. The molecule has 1 atom stereocenters. The maximum Gasteiger partial charge on any atom is 0.248 e. The maximum absolute atomic E-state index is 13.5. The lowest BCUT2D eigenvalue weighted by Crippen LogP contribution is -2.43. The minimum atomic E-state index is -0.536. The highest BCUT2D eigenvalue weighted by molar-refractivity contribution is 6.08. The van der Waals surface area contributed by atoms with Gasteiger partial charge in [0.2, 0.25) is 11.8 Å². The molecule has 0 fully saturated rings. The predicted octanol–water partition coefficient (Wildman–Crippen LogP) is 3.97. The number of carbonyl (C=O) groups excluding carboxylic acids is 3. The van der Waals surface area contributed by atoms with Crippen LogP contribution in [0.5, 0.6) is 11.5 Å². The summed E-state index contributed by atoms with van der Waals surface area (Å²) in [6.45, 7) is 4.06. The topological polar surface area (TPSA) is 98.9 Å². The summed E-state index contributed by atoms with van der Waals surface area (Å²) < 4.78 is 11.0. The van der Waals surface area contributed by atoms with Crippen molar-refractivity contribution < 1.29 is 23.9 Å². The normalized spacial score (nSPS) is 19.9. The number of rotatable bonds is 5. The number of hydrogen-bond donors (Lipinski definition) is 1. The van der Waals surface area contributed by atoms with Gasteiger partial charge in [-0.15, -0.1) is 0 Å². The van der Waals surface area contributed by atoms with Gasteiger partial charge in [-0.25, -0.2) is 0 Å². The van der Waals surface area contributed by atoms with E-state index in [1.54, 1.807) is 55.5 Å². The molecule has 172 valence electrons. The van der Waals surface area contributed by atoms with Gasteiger partial charge in [0.1, 0.15) is 11.5 Å². The fraction of sp³-hybridized carbons (Fsp3) is 0.346. The van der Waals surface area contributed by atoms with Gasteiger partial charge >= 0.3 is 0 Å². The number of ether oxygens (including phenoxy) is 2. The number of ketones is 1. The molecule has 1 heterocycles. The second kappa shape index (κ2) is 8.39. The molecular formula is C26H28N2O5. The second-order valence-corrected chi connectivity index (χ2v) is 9.31. The fourth-order valence-corrected chi connectivity index (χ4v) is 4.87.